The number of H-pyrrole nitrogens is 1. The number of aromatic amines is 1. The average molecular weight is 254 g/mol. The van der Waals surface area contributed by atoms with Gasteiger partial charge in [0.2, 0.25) is 0 Å². The van der Waals surface area contributed by atoms with Crippen LogP contribution in [0.4, 0.5) is 4.79 Å². The van der Waals surface area contributed by atoms with Gasteiger partial charge in [0.1, 0.15) is 11.6 Å². The molecule has 0 saturated heterocycles. The van der Waals surface area contributed by atoms with Crippen molar-refractivity contribution in [2.24, 2.45) is 5.84 Å². The maximum Gasteiger partial charge on any atom is 0.408 e. The molecule has 18 heavy (non-hydrogen) atoms. The summed E-state index contributed by atoms with van der Waals surface area (Å²) >= 11 is 0. The topological polar surface area (TPSA) is 109 Å². The van der Waals surface area contributed by atoms with E-state index in [-0.39, 0.29) is 0 Å². The van der Waals surface area contributed by atoms with Crippen molar-refractivity contribution >= 4 is 12.0 Å². The molecule has 0 bridgehead atoms. The monoisotopic (exact) mass is 254 g/mol. The van der Waals surface area contributed by atoms with E-state index >= 15 is 0 Å². The molecule has 1 aromatic rings. The van der Waals surface area contributed by atoms with Crippen molar-refractivity contribution in [3.8, 4) is 0 Å². The molecule has 1 rings (SSSR count). The number of rotatable bonds is 3. The van der Waals surface area contributed by atoms with Crippen molar-refractivity contribution in [1.82, 2.24) is 15.7 Å². The Morgan fingerprint density at radius 2 is 2.11 bits per heavy atom. The minimum Gasteiger partial charge on any atom is -0.444 e. The van der Waals surface area contributed by atoms with E-state index < -0.39 is 23.6 Å². The molecule has 0 aliphatic heterocycles. The van der Waals surface area contributed by atoms with Crippen molar-refractivity contribution in [3.63, 3.8) is 0 Å². The summed E-state index contributed by atoms with van der Waals surface area (Å²) in [6, 6.07) is 0.771. The Hall–Kier alpha value is -2.02. The largest absolute Gasteiger partial charge is 0.444 e. The highest BCUT2D eigenvalue weighted by atomic mass is 16.6. The number of hydrazine groups is 1. The van der Waals surface area contributed by atoms with Crippen LogP contribution >= 0.6 is 0 Å². The molecule has 0 saturated carbocycles. The van der Waals surface area contributed by atoms with Gasteiger partial charge in [-0.05, 0) is 26.8 Å². The van der Waals surface area contributed by atoms with Crippen LogP contribution in [0.1, 0.15) is 32.4 Å². The highest BCUT2D eigenvalue weighted by Gasteiger charge is 2.25. The Balaban J connectivity index is 2.75. The number of hydrogen-bond acceptors (Lipinski definition) is 4. The van der Waals surface area contributed by atoms with Crippen LogP contribution < -0.4 is 16.6 Å². The Morgan fingerprint density at radius 3 is 2.56 bits per heavy atom. The predicted molar refractivity (Wildman–Crippen MR) is 65.2 cm³/mol. The van der Waals surface area contributed by atoms with Crippen LogP contribution in [0.25, 0.3) is 0 Å². The van der Waals surface area contributed by atoms with Gasteiger partial charge in [0.25, 0.3) is 5.91 Å². The lowest BCUT2D eigenvalue weighted by molar-refractivity contribution is -0.123. The Bertz CT molecular complexity index is 408. The lowest BCUT2D eigenvalue weighted by atomic mass is 10.1. The quantitative estimate of drug-likeness (QED) is 0.359. The normalized spacial score (nSPS) is 12.7. The molecular formula is C11H18N4O3. The maximum atomic E-state index is 11.6. The van der Waals surface area contributed by atoms with E-state index in [1.807, 2.05) is 5.43 Å². The molecule has 1 heterocycles. The van der Waals surface area contributed by atoms with Gasteiger partial charge >= 0.3 is 6.09 Å². The van der Waals surface area contributed by atoms with Gasteiger partial charge in [0.15, 0.2) is 0 Å². The van der Waals surface area contributed by atoms with Crippen molar-refractivity contribution in [1.29, 1.82) is 0 Å². The first-order valence-electron chi connectivity index (χ1n) is 5.46. The van der Waals surface area contributed by atoms with Gasteiger partial charge in [0, 0.05) is 18.0 Å². The summed E-state index contributed by atoms with van der Waals surface area (Å²) in [5, 5.41) is 2.45. The fraction of sp³-hybridized carbons (Fsp3) is 0.455. The third-order valence-electron chi connectivity index (χ3n) is 2.02. The minimum absolute atomic E-state index is 0.527. The van der Waals surface area contributed by atoms with Crippen LogP contribution in [-0.4, -0.2) is 22.6 Å². The van der Waals surface area contributed by atoms with Gasteiger partial charge in [-0.3, -0.25) is 10.2 Å². The zero-order valence-corrected chi connectivity index (χ0v) is 10.6. The number of hydrogen-bond donors (Lipinski definition) is 4. The number of nitrogens with two attached hydrogens (primary N) is 1. The zero-order chi connectivity index (χ0) is 13.8. The minimum atomic E-state index is -0.892. The molecule has 7 nitrogen and oxygen atoms in total. The lowest BCUT2D eigenvalue weighted by Gasteiger charge is -2.22. The lowest BCUT2D eigenvalue weighted by Crippen LogP contribution is -2.44. The highest BCUT2D eigenvalue weighted by Crippen LogP contribution is 2.14. The number of nitrogens with one attached hydrogen (secondary N) is 3. The molecule has 1 atom stereocenters. The second-order valence-electron chi connectivity index (χ2n) is 4.73. The molecule has 1 unspecified atom stereocenters. The fourth-order valence-electron chi connectivity index (χ4n) is 1.33. The first-order valence-corrected chi connectivity index (χ1v) is 5.46. The first kappa shape index (κ1) is 14.0. The number of aromatic nitrogens is 1. The molecule has 0 fully saturated rings. The van der Waals surface area contributed by atoms with Crippen molar-refractivity contribution in [2.45, 2.75) is 32.4 Å². The van der Waals surface area contributed by atoms with Crippen LogP contribution in [0.5, 0.6) is 0 Å². The van der Waals surface area contributed by atoms with Crippen molar-refractivity contribution in [2.75, 3.05) is 0 Å². The molecule has 100 valence electrons. The standard InChI is InChI=1S/C11H18N4O3/c1-11(2,3)18-10(17)14-8(9(16)15-12)7-4-5-13-6-7/h4-6,8,13H,12H2,1-3H3,(H,14,17)(H,15,16). The van der Waals surface area contributed by atoms with Gasteiger partial charge in [0.05, 0.1) is 0 Å². The van der Waals surface area contributed by atoms with E-state index in [0.717, 1.165) is 0 Å². The van der Waals surface area contributed by atoms with E-state index in [4.69, 9.17) is 10.6 Å². The molecule has 0 radical (unpaired) electrons. The van der Waals surface area contributed by atoms with Gasteiger partial charge in [-0.25, -0.2) is 10.6 Å². The maximum absolute atomic E-state index is 11.6. The van der Waals surface area contributed by atoms with E-state index in [9.17, 15) is 9.59 Å². The zero-order valence-electron chi connectivity index (χ0n) is 10.6. The smallest absolute Gasteiger partial charge is 0.408 e. The summed E-state index contributed by atoms with van der Waals surface area (Å²) in [4.78, 5) is 26.0. The molecular weight excluding hydrogens is 236 g/mol. The van der Waals surface area contributed by atoms with E-state index in [2.05, 4.69) is 10.3 Å². The average Bonchev–Trinajstić information content (AvgIpc) is 2.75. The predicted octanol–water partition coefficient (Wildman–Crippen LogP) is 0.570. The highest BCUT2D eigenvalue weighted by molar-refractivity contribution is 5.86. The molecule has 5 N–H and O–H groups in total. The Morgan fingerprint density at radius 1 is 1.44 bits per heavy atom. The van der Waals surface area contributed by atoms with Gasteiger partial charge in [-0.1, -0.05) is 0 Å². The summed E-state index contributed by atoms with van der Waals surface area (Å²) in [5.74, 6) is 4.55. The van der Waals surface area contributed by atoms with Gasteiger partial charge in [-0.2, -0.15) is 0 Å². The van der Waals surface area contributed by atoms with Crippen LogP contribution in [0.2, 0.25) is 0 Å². The van der Waals surface area contributed by atoms with Crippen LogP contribution in [0.15, 0.2) is 18.5 Å². The fourth-order valence-corrected chi connectivity index (χ4v) is 1.33. The van der Waals surface area contributed by atoms with Gasteiger partial charge in [-0.15, -0.1) is 0 Å². The molecule has 0 aliphatic carbocycles. The summed E-state index contributed by atoms with van der Waals surface area (Å²) in [7, 11) is 0. The van der Waals surface area contributed by atoms with Crippen LogP contribution in [0.3, 0.4) is 0 Å². The third-order valence-corrected chi connectivity index (χ3v) is 2.02. The molecule has 0 aliphatic rings. The number of carbonyl (C=O) groups excluding carboxylic acids is 2. The van der Waals surface area contributed by atoms with E-state index in [1.165, 1.54) is 0 Å². The third kappa shape index (κ3) is 4.10. The van der Waals surface area contributed by atoms with E-state index in [1.54, 1.807) is 39.2 Å². The molecule has 2 amide bonds. The number of amides is 2. The second kappa shape index (κ2) is 5.54. The SMILES string of the molecule is CC(C)(C)OC(=O)NC(C(=O)NN)c1cc[nH]c1. The Labute approximate surface area is 105 Å². The molecule has 1 aromatic heterocycles. The molecule has 7 heteroatoms. The molecule has 0 spiro atoms. The first-order chi connectivity index (χ1) is 8.33. The van der Waals surface area contributed by atoms with Crippen LogP contribution in [0, 0.1) is 0 Å². The summed E-state index contributed by atoms with van der Waals surface area (Å²) < 4.78 is 5.08. The Kier molecular flexibility index (Phi) is 4.33. The summed E-state index contributed by atoms with van der Waals surface area (Å²) in [5.41, 5.74) is 1.95. The van der Waals surface area contributed by atoms with Crippen LogP contribution in [-0.2, 0) is 9.53 Å². The number of ether oxygens (including phenoxy) is 1. The molecule has 0 aromatic carbocycles. The van der Waals surface area contributed by atoms with E-state index in [0.29, 0.717) is 5.56 Å². The van der Waals surface area contributed by atoms with Crippen molar-refractivity contribution in [3.05, 3.63) is 24.0 Å². The second-order valence-corrected chi connectivity index (χ2v) is 4.73. The van der Waals surface area contributed by atoms with Crippen molar-refractivity contribution < 1.29 is 14.3 Å². The summed E-state index contributed by atoms with van der Waals surface area (Å²) in [6.07, 6.45) is 2.55. The van der Waals surface area contributed by atoms with Gasteiger partial charge < -0.3 is 15.0 Å². The number of carbonyl (C=O) groups is 2. The number of alkyl carbamates (subject to hydrolysis) is 1. The summed E-state index contributed by atoms with van der Waals surface area (Å²) in [6.45, 7) is 5.21.